The third kappa shape index (κ3) is 3.32. The van der Waals surface area contributed by atoms with Crippen LogP contribution in [0.2, 0.25) is 0 Å². The molecule has 100 valence electrons. The van der Waals surface area contributed by atoms with E-state index in [0.717, 1.165) is 4.47 Å². The highest BCUT2D eigenvalue weighted by Crippen LogP contribution is 2.26. The van der Waals surface area contributed by atoms with Gasteiger partial charge in [0, 0.05) is 15.4 Å². The molecule has 1 aliphatic rings. The number of amides is 1. The van der Waals surface area contributed by atoms with Crippen molar-refractivity contribution in [3.63, 3.8) is 0 Å². The molecule has 6 nitrogen and oxygen atoms in total. The number of rotatable bonds is 3. The minimum absolute atomic E-state index is 0.0488. The van der Waals surface area contributed by atoms with Crippen LogP contribution in [0.25, 0.3) is 0 Å². The molecule has 1 aromatic rings. The van der Waals surface area contributed by atoms with Crippen LogP contribution in [-0.4, -0.2) is 28.8 Å². The number of halogens is 2. The molecule has 19 heavy (non-hydrogen) atoms. The first kappa shape index (κ1) is 14.0. The monoisotopic (exact) mass is 390 g/mol. The molecule has 2 rings (SSSR count). The number of nitrogens with one attached hydrogen (secondary N) is 1. The minimum Gasteiger partial charge on any atom is -0.477 e. The Morgan fingerprint density at radius 2 is 2.16 bits per heavy atom. The Balaban J connectivity index is 2.03. The van der Waals surface area contributed by atoms with E-state index in [9.17, 15) is 9.59 Å². The highest BCUT2D eigenvalue weighted by atomic mass is 79.9. The zero-order chi connectivity index (χ0) is 14.0. The lowest BCUT2D eigenvalue weighted by molar-refractivity contribution is -0.129. The van der Waals surface area contributed by atoms with Gasteiger partial charge in [0.05, 0.1) is 5.69 Å². The number of carbonyl (C=O) groups is 2. The minimum atomic E-state index is -1.18. The normalized spacial score (nSPS) is 17.6. The zero-order valence-corrected chi connectivity index (χ0v) is 12.6. The van der Waals surface area contributed by atoms with Gasteiger partial charge < -0.3 is 15.3 Å². The Kier molecular flexibility index (Phi) is 4.20. The van der Waals surface area contributed by atoms with Gasteiger partial charge in [-0.2, -0.15) is 0 Å². The van der Waals surface area contributed by atoms with E-state index >= 15 is 0 Å². The molecular formula is C11H8Br2N2O4. The van der Waals surface area contributed by atoms with Crippen LogP contribution in [0.3, 0.4) is 0 Å². The van der Waals surface area contributed by atoms with E-state index in [2.05, 4.69) is 42.3 Å². The van der Waals surface area contributed by atoms with Crippen LogP contribution in [0.5, 0.6) is 0 Å². The molecule has 0 spiro atoms. The summed E-state index contributed by atoms with van der Waals surface area (Å²) in [5, 5.41) is 14.7. The first-order chi connectivity index (χ1) is 8.97. The summed E-state index contributed by atoms with van der Waals surface area (Å²) in [5.41, 5.74) is 0.403. The lowest BCUT2D eigenvalue weighted by Gasteiger charge is -2.11. The van der Waals surface area contributed by atoms with Crippen LogP contribution in [-0.2, 0) is 14.4 Å². The lowest BCUT2D eigenvalue weighted by Crippen LogP contribution is -2.29. The van der Waals surface area contributed by atoms with Gasteiger partial charge in [-0.1, -0.05) is 21.1 Å². The molecule has 0 saturated carbocycles. The van der Waals surface area contributed by atoms with Crippen molar-refractivity contribution in [2.45, 2.75) is 12.5 Å². The molecule has 1 aliphatic heterocycles. The van der Waals surface area contributed by atoms with Gasteiger partial charge in [0.2, 0.25) is 6.10 Å². The fraction of sp³-hybridized carbons (Fsp3) is 0.182. The van der Waals surface area contributed by atoms with Gasteiger partial charge in [0.15, 0.2) is 5.71 Å². The molecule has 1 amide bonds. The van der Waals surface area contributed by atoms with Crippen LogP contribution in [0.1, 0.15) is 6.42 Å². The van der Waals surface area contributed by atoms with E-state index in [-0.39, 0.29) is 12.1 Å². The second-order valence-electron chi connectivity index (χ2n) is 3.75. The Bertz CT molecular complexity index is 574. The van der Waals surface area contributed by atoms with Crippen molar-refractivity contribution in [2.24, 2.45) is 5.16 Å². The summed E-state index contributed by atoms with van der Waals surface area (Å²) >= 11 is 6.60. The van der Waals surface area contributed by atoms with Crippen molar-refractivity contribution in [3.8, 4) is 0 Å². The maximum absolute atomic E-state index is 11.9. The Morgan fingerprint density at radius 1 is 1.42 bits per heavy atom. The van der Waals surface area contributed by atoms with Gasteiger partial charge in [-0.15, -0.1) is 0 Å². The van der Waals surface area contributed by atoms with E-state index in [1.807, 2.05) is 6.07 Å². The summed E-state index contributed by atoms with van der Waals surface area (Å²) in [6.45, 7) is 0. The summed E-state index contributed by atoms with van der Waals surface area (Å²) in [5.74, 6) is -1.63. The molecule has 0 radical (unpaired) electrons. The Hall–Kier alpha value is -1.41. The average molecular weight is 392 g/mol. The van der Waals surface area contributed by atoms with Crippen molar-refractivity contribution in [1.29, 1.82) is 0 Å². The summed E-state index contributed by atoms with van der Waals surface area (Å²) < 4.78 is 1.52. The predicted octanol–water partition coefficient (Wildman–Crippen LogP) is 2.38. The number of nitrogens with zero attached hydrogens (tertiary/aromatic N) is 1. The second kappa shape index (κ2) is 5.70. The van der Waals surface area contributed by atoms with Crippen LogP contribution >= 0.6 is 31.9 Å². The van der Waals surface area contributed by atoms with Gasteiger partial charge in [0.25, 0.3) is 5.91 Å². The van der Waals surface area contributed by atoms with Crippen molar-refractivity contribution < 1.29 is 19.5 Å². The third-order valence-electron chi connectivity index (χ3n) is 2.39. The molecule has 0 fully saturated rings. The molecule has 2 N–H and O–H groups in total. The standard InChI is InChI=1S/C11H8Br2N2O4/c12-5-1-2-6(13)7(3-5)14-10(16)9-4-8(11(17)18)15-19-9/h1-3,9H,4H2,(H,14,16)(H,17,18). The maximum atomic E-state index is 11.9. The van der Waals surface area contributed by atoms with Gasteiger partial charge in [-0.05, 0) is 34.1 Å². The number of hydrogen-bond donors (Lipinski definition) is 2. The topological polar surface area (TPSA) is 88.0 Å². The lowest BCUT2D eigenvalue weighted by atomic mass is 10.1. The van der Waals surface area contributed by atoms with Crippen LogP contribution in [0, 0.1) is 0 Å². The molecule has 0 aliphatic carbocycles. The van der Waals surface area contributed by atoms with E-state index in [1.165, 1.54) is 0 Å². The quantitative estimate of drug-likeness (QED) is 0.827. The highest BCUT2D eigenvalue weighted by Gasteiger charge is 2.31. The highest BCUT2D eigenvalue weighted by molar-refractivity contribution is 9.11. The number of carboxylic acid groups (broad SMARTS) is 1. The third-order valence-corrected chi connectivity index (χ3v) is 3.58. The molecule has 1 heterocycles. The van der Waals surface area contributed by atoms with Crippen LogP contribution < -0.4 is 5.32 Å². The zero-order valence-electron chi connectivity index (χ0n) is 9.39. The smallest absolute Gasteiger partial charge is 0.353 e. The van der Waals surface area contributed by atoms with E-state index in [0.29, 0.717) is 10.2 Å². The molecule has 1 atom stereocenters. The van der Waals surface area contributed by atoms with Crippen LogP contribution in [0.4, 0.5) is 5.69 Å². The number of benzene rings is 1. The van der Waals surface area contributed by atoms with Crippen molar-refractivity contribution in [3.05, 3.63) is 27.1 Å². The predicted molar refractivity (Wildman–Crippen MR) is 75.0 cm³/mol. The number of carbonyl (C=O) groups excluding carboxylic acids is 1. The van der Waals surface area contributed by atoms with Gasteiger partial charge >= 0.3 is 5.97 Å². The Labute approximate surface area is 125 Å². The van der Waals surface area contributed by atoms with E-state index in [1.54, 1.807) is 12.1 Å². The first-order valence-electron chi connectivity index (χ1n) is 5.19. The van der Waals surface area contributed by atoms with Crippen LogP contribution in [0.15, 0.2) is 32.3 Å². The number of aliphatic carboxylic acids is 1. The number of anilines is 1. The van der Waals surface area contributed by atoms with Crippen molar-refractivity contribution >= 4 is 55.1 Å². The number of carboxylic acids is 1. The summed E-state index contributed by atoms with van der Waals surface area (Å²) in [7, 11) is 0. The summed E-state index contributed by atoms with van der Waals surface area (Å²) in [6.07, 6.45) is -0.968. The first-order valence-corrected chi connectivity index (χ1v) is 6.78. The molecule has 1 aromatic carbocycles. The molecule has 1 unspecified atom stereocenters. The SMILES string of the molecule is O=C(O)C1=NOC(C(=O)Nc2cc(Br)ccc2Br)C1. The second-order valence-corrected chi connectivity index (χ2v) is 5.52. The molecule has 0 aromatic heterocycles. The van der Waals surface area contributed by atoms with Gasteiger partial charge in [-0.3, -0.25) is 4.79 Å². The fourth-order valence-electron chi connectivity index (χ4n) is 1.45. The van der Waals surface area contributed by atoms with E-state index < -0.39 is 18.0 Å². The van der Waals surface area contributed by atoms with Crippen molar-refractivity contribution in [2.75, 3.05) is 5.32 Å². The average Bonchev–Trinajstić information content (AvgIpc) is 2.83. The summed E-state index contributed by atoms with van der Waals surface area (Å²) in [4.78, 5) is 27.4. The maximum Gasteiger partial charge on any atom is 0.353 e. The van der Waals surface area contributed by atoms with E-state index in [4.69, 9.17) is 9.94 Å². The van der Waals surface area contributed by atoms with Crippen molar-refractivity contribution in [1.82, 2.24) is 0 Å². The number of oxime groups is 1. The fourth-order valence-corrected chi connectivity index (χ4v) is 2.16. The molecular weight excluding hydrogens is 384 g/mol. The molecule has 0 saturated heterocycles. The van der Waals surface area contributed by atoms with Gasteiger partial charge in [-0.25, -0.2) is 4.79 Å². The number of hydrogen-bond acceptors (Lipinski definition) is 4. The van der Waals surface area contributed by atoms with Gasteiger partial charge in [0.1, 0.15) is 0 Å². The largest absolute Gasteiger partial charge is 0.477 e. The summed E-state index contributed by atoms with van der Waals surface area (Å²) in [6, 6.07) is 5.31. The molecule has 0 bridgehead atoms. The Morgan fingerprint density at radius 3 is 2.79 bits per heavy atom. The molecule has 8 heteroatoms.